The normalized spacial score (nSPS) is 14.3. The zero-order valence-electron chi connectivity index (χ0n) is 7.95. The monoisotopic (exact) mass is 176 g/mol. The molecule has 12 heavy (non-hydrogen) atoms. The molecule has 0 aliphatic heterocycles. The highest BCUT2D eigenvalue weighted by molar-refractivity contribution is 5.67. The van der Waals surface area contributed by atoms with Crippen LogP contribution in [-0.4, -0.2) is 54.5 Å². The van der Waals surface area contributed by atoms with E-state index in [9.17, 15) is 9.90 Å². The number of aliphatic hydroxyl groups is 1. The Kier molecular flexibility index (Phi) is 4.20. The van der Waals surface area contributed by atoms with Crippen molar-refractivity contribution in [3.8, 4) is 0 Å². The van der Waals surface area contributed by atoms with Gasteiger partial charge < -0.3 is 14.7 Å². The first-order valence-corrected chi connectivity index (χ1v) is 4.01. The first-order chi connectivity index (χ1) is 5.31. The second-order valence-electron chi connectivity index (χ2n) is 4.05. The lowest BCUT2D eigenvalue weighted by Crippen LogP contribution is -2.37. The number of carboxylic acids is 1. The maximum Gasteiger partial charge on any atom is 0.305 e. The van der Waals surface area contributed by atoms with E-state index in [0.717, 1.165) is 11.0 Å². The molecule has 1 atom stereocenters. The Hall–Kier alpha value is -0.610. The Labute approximate surface area is 73.0 Å². The summed E-state index contributed by atoms with van der Waals surface area (Å²) in [6.45, 7) is 0.786. The lowest BCUT2D eigenvalue weighted by molar-refractivity contribution is -0.870. The predicted molar refractivity (Wildman–Crippen MR) is 45.8 cm³/mol. The Morgan fingerprint density at radius 3 is 2.25 bits per heavy atom. The number of rotatable bonds is 5. The lowest BCUT2D eigenvalue weighted by Gasteiger charge is -2.24. The van der Waals surface area contributed by atoms with E-state index < -0.39 is 12.1 Å². The summed E-state index contributed by atoms with van der Waals surface area (Å²) in [6, 6.07) is 0. The quantitative estimate of drug-likeness (QED) is 0.576. The van der Waals surface area contributed by atoms with Gasteiger partial charge in [0.2, 0.25) is 0 Å². The van der Waals surface area contributed by atoms with Crippen LogP contribution >= 0.6 is 0 Å². The first kappa shape index (κ1) is 11.4. The fourth-order valence-electron chi connectivity index (χ4n) is 0.840. The van der Waals surface area contributed by atoms with Crippen molar-refractivity contribution in [2.75, 3.05) is 27.7 Å². The van der Waals surface area contributed by atoms with E-state index in [4.69, 9.17) is 5.11 Å². The SMILES string of the molecule is C[N+](C)(C)CC[C@H](O)CC(=O)O. The Morgan fingerprint density at radius 2 is 1.92 bits per heavy atom. The molecule has 0 aromatic heterocycles. The van der Waals surface area contributed by atoms with E-state index in [1.54, 1.807) is 0 Å². The van der Waals surface area contributed by atoms with Crippen molar-refractivity contribution in [1.82, 2.24) is 0 Å². The van der Waals surface area contributed by atoms with E-state index >= 15 is 0 Å². The molecule has 0 rings (SSSR count). The summed E-state index contributed by atoms with van der Waals surface area (Å²) in [6.07, 6.45) is -0.324. The van der Waals surface area contributed by atoms with Crippen molar-refractivity contribution < 1.29 is 19.5 Å². The van der Waals surface area contributed by atoms with Gasteiger partial charge in [0.05, 0.1) is 40.2 Å². The van der Waals surface area contributed by atoms with Crippen molar-refractivity contribution in [3.05, 3.63) is 0 Å². The minimum Gasteiger partial charge on any atom is -0.481 e. The molecule has 0 aliphatic carbocycles. The van der Waals surface area contributed by atoms with Gasteiger partial charge in [-0.3, -0.25) is 4.79 Å². The summed E-state index contributed by atoms with van der Waals surface area (Å²) in [5, 5.41) is 17.5. The Morgan fingerprint density at radius 1 is 1.42 bits per heavy atom. The lowest BCUT2D eigenvalue weighted by atomic mass is 10.2. The molecule has 0 saturated carbocycles. The smallest absolute Gasteiger partial charge is 0.305 e. The molecule has 0 aliphatic rings. The molecule has 0 aromatic rings. The van der Waals surface area contributed by atoms with Gasteiger partial charge in [-0.15, -0.1) is 0 Å². The third-order valence-electron chi connectivity index (χ3n) is 1.54. The zero-order valence-corrected chi connectivity index (χ0v) is 7.95. The number of nitrogens with zero attached hydrogens (tertiary/aromatic N) is 1. The fourth-order valence-corrected chi connectivity index (χ4v) is 0.840. The van der Waals surface area contributed by atoms with Gasteiger partial charge in [0.15, 0.2) is 0 Å². The largest absolute Gasteiger partial charge is 0.481 e. The molecular formula is C8H18NO3+. The molecule has 0 fully saturated rings. The fraction of sp³-hybridized carbons (Fsp3) is 0.875. The molecule has 2 N–H and O–H groups in total. The van der Waals surface area contributed by atoms with Gasteiger partial charge in [-0.25, -0.2) is 0 Å². The maximum atomic E-state index is 10.2. The van der Waals surface area contributed by atoms with Gasteiger partial charge in [-0.2, -0.15) is 0 Å². The highest BCUT2D eigenvalue weighted by Gasteiger charge is 2.14. The van der Waals surface area contributed by atoms with Gasteiger partial charge in [-0.1, -0.05) is 0 Å². The predicted octanol–water partition coefficient (Wildman–Crippen LogP) is -0.0817. The summed E-state index contributed by atoms with van der Waals surface area (Å²) in [5.41, 5.74) is 0. The van der Waals surface area contributed by atoms with Crippen LogP contribution in [0.1, 0.15) is 12.8 Å². The highest BCUT2D eigenvalue weighted by Crippen LogP contribution is 2.01. The summed E-state index contributed by atoms with van der Waals surface area (Å²) in [7, 11) is 6.02. The van der Waals surface area contributed by atoms with Gasteiger partial charge in [-0.05, 0) is 0 Å². The maximum absolute atomic E-state index is 10.2. The minimum absolute atomic E-state index is 0.153. The molecular weight excluding hydrogens is 158 g/mol. The number of hydrogen-bond donors (Lipinski definition) is 2. The molecule has 0 heterocycles. The molecule has 0 aromatic carbocycles. The molecule has 0 unspecified atom stereocenters. The summed E-state index contributed by atoms with van der Waals surface area (Å²) >= 11 is 0. The molecule has 0 bridgehead atoms. The van der Waals surface area contributed by atoms with Gasteiger partial charge in [0.25, 0.3) is 0 Å². The van der Waals surface area contributed by atoms with Crippen LogP contribution in [-0.2, 0) is 4.79 Å². The number of aliphatic carboxylic acids is 1. The van der Waals surface area contributed by atoms with E-state index in [-0.39, 0.29) is 6.42 Å². The molecule has 4 nitrogen and oxygen atoms in total. The average Bonchev–Trinajstić information content (AvgIpc) is 1.80. The van der Waals surface area contributed by atoms with E-state index in [0.29, 0.717) is 6.42 Å². The standard InChI is InChI=1S/C8H17NO3/c1-9(2,3)5-4-7(10)6-8(11)12/h7,10H,4-6H2,1-3H3/p+1/t7-/m0/s1. The molecule has 0 radical (unpaired) electrons. The molecule has 0 saturated heterocycles. The highest BCUT2D eigenvalue weighted by atomic mass is 16.4. The third-order valence-corrected chi connectivity index (χ3v) is 1.54. The number of hydrogen-bond acceptors (Lipinski definition) is 2. The van der Waals surface area contributed by atoms with Crippen molar-refractivity contribution >= 4 is 5.97 Å². The van der Waals surface area contributed by atoms with Crippen molar-refractivity contribution in [2.24, 2.45) is 0 Å². The van der Waals surface area contributed by atoms with Crippen LogP contribution < -0.4 is 0 Å². The second kappa shape index (κ2) is 4.42. The third kappa shape index (κ3) is 7.50. The topological polar surface area (TPSA) is 57.5 Å². The number of aliphatic hydroxyl groups excluding tert-OH is 1. The van der Waals surface area contributed by atoms with Crippen LogP contribution in [0.15, 0.2) is 0 Å². The first-order valence-electron chi connectivity index (χ1n) is 4.01. The summed E-state index contributed by atoms with van der Waals surface area (Å²) < 4.78 is 0.747. The van der Waals surface area contributed by atoms with Crippen LogP contribution in [0.3, 0.4) is 0 Å². The second-order valence-corrected chi connectivity index (χ2v) is 4.05. The van der Waals surface area contributed by atoms with Crippen molar-refractivity contribution in [1.29, 1.82) is 0 Å². The number of quaternary nitrogens is 1. The van der Waals surface area contributed by atoms with Crippen LogP contribution in [0, 0.1) is 0 Å². The van der Waals surface area contributed by atoms with E-state index in [1.165, 1.54) is 0 Å². The number of carboxylic acid groups (broad SMARTS) is 1. The van der Waals surface area contributed by atoms with Crippen LogP contribution in [0.5, 0.6) is 0 Å². The average molecular weight is 176 g/mol. The van der Waals surface area contributed by atoms with Crippen LogP contribution in [0.2, 0.25) is 0 Å². The van der Waals surface area contributed by atoms with E-state index in [2.05, 4.69) is 0 Å². The molecule has 4 heteroatoms. The Balaban J connectivity index is 3.57. The van der Waals surface area contributed by atoms with Gasteiger partial charge in [0, 0.05) is 6.42 Å². The molecule has 0 spiro atoms. The summed E-state index contributed by atoms with van der Waals surface area (Å²) in [5.74, 6) is -0.941. The summed E-state index contributed by atoms with van der Waals surface area (Å²) in [4.78, 5) is 10.2. The van der Waals surface area contributed by atoms with Gasteiger partial charge in [0.1, 0.15) is 0 Å². The van der Waals surface area contributed by atoms with Gasteiger partial charge >= 0.3 is 5.97 Å². The van der Waals surface area contributed by atoms with Crippen LogP contribution in [0.25, 0.3) is 0 Å². The van der Waals surface area contributed by atoms with Crippen LogP contribution in [0.4, 0.5) is 0 Å². The molecule has 72 valence electrons. The minimum atomic E-state index is -0.941. The van der Waals surface area contributed by atoms with E-state index in [1.807, 2.05) is 21.1 Å². The molecule has 0 amide bonds. The van der Waals surface area contributed by atoms with Crippen molar-refractivity contribution in [2.45, 2.75) is 18.9 Å². The zero-order chi connectivity index (χ0) is 9.78. The Bertz CT molecular complexity index is 151. The van der Waals surface area contributed by atoms with Crippen molar-refractivity contribution in [3.63, 3.8) is 0 Å². The number of carbonyl (C=O) groups is 1.